The number of nitrogens with one attached hydrogen (secondary N) is 2. The van der Waals surface area contributed by atoms with Gasteiger partial charge in [0.2, 0.25) is 21.8 Å². The van der Waals surface area contributed by atoms with Gasteiger partial charge in [0.25, 0.3) is 0 Å². The number of hydrogen-bond donors (Lipinski definition) is 2. The van der Waals surface area contributed by atoms with Crippen LogP contribution >= 0.6 is 0 Å². The molecule has 0 aromatic heterocycles. The summed E-state index contributed by atoms with van der Waals surface area (Å²) in [6.07, 6.45) is 2.36. The van der Waals surface area contributed by atoms with Gasteiger partial charge >= 0.3 is 0 Å². The predicted octanol–water partition coefficient (Wildman–Crippen LogP) is 1.93. The molecule has 11 heteroatoms. The van der Waals surface area contributed by atoms with Crippen molar-refractivity contribution in [1.29, 1.82) is 0 Å². The fourth-order valence-corrected chi connectivity index (χ4v) is 5.84. The molecule has 1 aliphatic heterocycles. The molecule has 1 saturated heterocycles. The summed E-state index contributed by atoms with van der Waals surface area (Å²) in [6.45, 7) is 6.35. The molecule has 4 rings (SSSR count). The third kappa shape index (κ3) is 8.76. The van der Waals surface area contributed by atoms with Crippen molar-refractivity contribution in [3.63, 3.8) is 0 Å². The molecule has 40 heavy (non-hydrogen) atoms. The normalized spacial score (nSPS) is 16.8. The molecule has 2 amide bonds. The summed E-state index contributed by atoms with van der Waals surface area (Å²) < 4.78 is 38.2. The Morgan fingerprint density at radius 2 is 1.70 bits per heavy atom. The zero-order chi connectivity index (χ0) is 28.5. The van der Waals surface area contributed by atoms with E-state index in [9.17, 15) is 18.0 Å². The average Bonchev–Trinajstić information content (AvgIpc) is 3.78. The zero-order valence-corrected chi connectivity index (χ0v) is 24.1. The second-order valence-electron chi connectivity index (χ2n) is 10.3. The molecule has 2 N–H and O–H groups in total. The zero-order valence-electron chi connectivity index (χ0n) is 23.3. The lowest BCUT2D eigenvalue weighted by Crippen LogP contribution is -2.49. The Hall–Kier alpha value is -2.99. The monoisotopic (exact) mass is 572 g/mol. The van der Waals surface area contributed by atoms with Crippen LogP contribution in [0.25, 0.3) is 0 Å². The number of aryl methyl sites for hydroxylation is 1. The molecule has 1 aliphatic carbocycles. The number of methoxy groups -OCH3 is 1. The minimum absolute atomic E-state index is 0.0394. The van der Waals surface area contributed by atoms with E-state index in [2.05, 4.69) is 14.9 Å². The van der Waals surface area contributed by atoms with Gasteiger partial charge in [0.15, 0.2) is 0 Å². The van der Waals surface area contributed by atoms with E-state index >= 15 is 0 Å². The van der Waals surface area contributed by atoms with Gasteiger partial charge in [-0.15, -0.1) is 0 Å². The van der Waals surface area contributed by atoms with Crippen LogP contribution in [0, 0.1) is 0 Å². The van der Waals surface area contributed by atoms with Gasteiger partial charge in [-0.3, -0.25) is 14.5 Å². The summed E-state index contributed by atoms with van der Waals surface area (Å²) in [5.74, 6) is 0.361. The summed E-state index contributed by atoms with van der Waals surface area (Å²) >= 11 is 0. The first-order valence-corrected chi connectivity index (χ1v) is 15.3. The van der Waals surface area contributed by atoms with Crippen molar-refractivity contribution < 1.29 is 27.5 Å². The number of ether oxygens (including phenoxy) is 2. The minimum Gasteiger partial charge on any atom is -0.497 e. The van der Waals surface area contributed by atoms with Crippen LogP contribution in [0.3, 0.4) is 0 Å². The van der Waals surface area contributed by atoms with Crippen LogP contribution < -0.4 is 14.8 Å². The maximum atomic E-state index is 13.5. The highest BCUT2D eigenvalue weighted by Crippen LogP contribution is 2.22. The van der Waals surface area contributed by atoms with Crippen LogP contribution in [0.4, 0.5) is 0 Å². The van der Waals surface area contributed by atoms with Crippen molar-refractivity contribution in [2.24, 2.45) is 0 Å². The van der Waals surface area contributed by atoms with Gasteiger partial charge in [-0.1, -0.05) is 24.3 Å². The third-order valence-corrected chi connectivity index (χ3v) is 8.81. The molecule has 1 unspecified atom stereocenters. The molecule has 1 saturated carbocycles. The Morgan fingerprint density at radius 3 is 2.33 bits per heavy atom. The van der Waals surface area contributed by atoms with Gasteiger partial charge in [-0.25, -0.2) is 13.1 Å². The molecular weight excluding hydrogens is 532 g/mol. The van der Waals surface area contributed by atoms with Crippen molar-refractivity contribution in [3.8, 4) is 5.75 Å². The lowest BCUT2D eigenvalue weighted by atomic mass is 10.1. The highest BCUT2D eigenvalue weighted by molar-refractivity contribution is 7.89. The molecule has 2 fully saturated rings. The second-order valence-corrected chi connectivity index (χ2v) is 12.0. The topological polar surface area (TPSA) is 117 Å². The number of hydrogen-bond acceptors (Lipinski definition) is 7. The molecule has 1 atom stereocenters. The third-order valence-electron chi connectivity index (χ3n) is 7.27. The van der Waals surface area contributed by atoms with Crippen molar-refractivity contribution in [2.75, 3.05) is 46.5 Å². The summed E-state index contributed by atoms with van der Waals surface area (Å²) in [7, 11) is -1.92. The van der Waals surface area contributed by atoms with Crippen molar-refractivity contribution >= 4 is 21.8 Å². The van der Waals surface area contributed by atoms with Gasteiger partial charge < -0.3 is 19.7 Å². The van der Waals surface area contributed by atoms with Crippen molar-refractivity contribution in [2.45, 2.75) is 56.1 Å². The Bertz CT molecular complexity index is 1230. The first kappa shape index (κ1) is 30.0. The average molecular weight is 573 g/mol. The quantitative estimate of drug-likeness (QED) is 0.355. The molecule has 10 nitrogen and oxygen atoms in total. The Labute approximate surface area is 237 Å². The van der Waals surface area contributed by atoms with E-state index in [0.29, 0.717) is 31.9 Å². The molecule has 0 radical (unpaired) electrons. The molecule has 2 aromatic rings. The minimum atomic E-state index is -3.52. The van der Waals surface area contributed by atoms with Gasteiger partial charge in [0, 0.05) is 45.2 Å². The maximum Gasteiger partial charge on any atom is 0.242 e. The highest BCUT2D eigenvalue weighted by Gasteiger charge is 2.28. The van der Waals surface area contributed by atoms with E-state index in [0.717, 1.165) is 43.6 Å². The van der Waals surface area contributed by atoms with E-state index in [-0.39, 0.29) is 35.7 Å². The van der Waals surface area contributed by atoms with Gasteiger partial charge in [0.1, 0.15) is 11.8 Å². The number of morpholine rings is 1. The summed E-state index contributed by atoms with van der Waals surface area (Å²) in [5, 5.41) is 2.98. The Kier molecular flexibility index (Phi) is 10.5. The van der Waals surface area contributed by atoms with E-state index in [1.807, 2.05) is 24.3 Å². The van der Waals surface area contributed by atoms with Crippen LogP contribution in [0.2, 0.25) is 0 Å². The fraction of sp³-hybridized carbons (Fsp3) is 0.517. The predicted molar refractivity (Wildman–Crippen MR) is 151 cm³/mol. The number of carbonyl (C=O) groups excluding carboxylic acids is 2. The first-order chi connectivity index (χ1) is 19.2. The smallest absolute Gasteiger partial charge is 0.242 e. The molecule has 1 heterocycles. The molecule has 0 bridgehead atoms. The first-order valence-electron chi connectivity index (χ1n) is 13.9. The standard InChI is InChI=1S/C29H40N4O6S/c1-22(29(35)30-15-16-32-17-19-39-20-18-32)33(21-24-3-10-26(38-2)11-4-24)28(34)14-7-23-5-12-27(13-6-23)40(36,37)31-25-8-9-25/h3-6,10-13,22,25,31H,7-9,14-21H2,1-2H3,(H,30,35). The van der Waals surface area contributed by atoms with Gasteiger partial charge in [0.05, 0.1) is 25.2 Å². The Morgan fingerprint density at radius 1 is 1.05 bits per heavy atom. The second kappa shape index (κ2) is 14.1. The van der Waals surface area contributed by atoms with Crippen LogP contribution in [0.15, 0.2) is 53.4 Å². The lowest BCUT2D eigenvalue weighted by Gasteiger charge is -2.30. The fourth-order valence-electron chi connectivity index (χ4n) is 4.54. The van der Waals surface area contributed by atoms with Crippen LogP contribution in [-0.4, -0.2) is 88.6 Å². The van der Waals surface area contributed by atoms with E-state index in [4.69, 9.17) is 9.47 Å². The van der Waals surface area contributed by atoms with Crippen LogP contribution in [0.5, 0.6) is 5.75 Å². The maximum absolute atomic E-state index is 13.5. The SMILES string of the molecule is COc1ccc(CN(C(=O)CCc2ccc(S(=O)(=O)NC3CC3)cc2)C(C)C(=O)NCCN2CCOCC2)cc1. The number of benzene rings is 2. The number of nitrogens with zero attached hydrogens (tertiary/aromatic N) is 2. The molecule has 0 spiro atoms. The Balaban J connectivity index is 1.37. The largest absolute Gasteiger partial charge is 0.497 e. The van der Waals surface area contributed by atoms with Crippen molar-refractivity contribution in [1.82, 2.24) is 19.8 Å². The number of sulfonamides is 1. The molecular formula is C29H40N4O6S. The lowest BCUT2D eigenvalue weighted by molar-refractivity contribution is -0.140. The summed E-state index contributed by atoms with van der Waals surface area (Å²) in [4.78, 5) is 30.6. The summed E-state index contributed by atoms with van der Waals surface area (Å²) in [5.41, 5.74) is 1.74. The number of carbonyl (C=O) groups is 2. The van der Waals surface area contributed by atoms with Crippen LogP contribution in [-0.2, 0) is 37.3 Å². The van der Waals surface area contributed by atoms with E-state index < -0.39 is 16.1 Å². The molecule has 2 aromatic carbocycles. The van der Waals surface area contributed by atoms with Gasteiger partial charge in [-0.2, -0.15) is 0 Å². The number of amides is 2. The number of rotatable bonds is 14. The van der Waals surface area contributed by atoms with Crippen LogP contribution in [0.1, 0.15) is 37.3 Å². The highest BCUT2D eigenvalue weighted by atomic mass is 32.2. The summed E-state index contributed by atoms with van der Waals surface area (Å²) in [6, 6.07) is 13.4. The van der Waals surface area contributed by atoms with Gasteiger partial charge in [-0.05, 0) is 61.6 Å². The van der Waals surface area contributed by atoms with Crippen molar-refractivity contribution in [3.05, 3.63) is 59.7 Å². The van der Waals surface area contributed by atoms with E-state index in [1.165, 1.54) is 0 Å². The molecule has 218 valence electrons. The van der Waals surface area contributed by atoms with E-state index in [1.54, 1.807) is 43.2 Å². The molecule has 2 aliphatic rings.